The molecule has 2 N–H and O–H groups in total. The van der Waals surface area contributed by atoms with Gasteiger partial charge in [-0.1, -0.05) is 6.92 Å². The minimum absolute atomic E-state index is 0.0283. The molecule has 0 aliphatic heterocycles. The minimum atomic E-state index is 0.0283. The Bertz CT molecular complexity index is 335. The van der Waals surface area contributed by atoms with Crippen molar-refractivity contribution in [3.05, 3.63) is 18.2 Å². The number of nitrogens with one attached hydrogen (secondary N) is 2. The van der Waals surface area contributed by atoms with E-state index in [1.54, 1.807) is 6.33 Å². The number of amides is 1. The van der Waals surface area contributed by atoms with Crippen molar-refractivity contribution in [1.82, 2.24) is 20.2 Å². The van der Waals surface area contributed by atoms with Crippen LogP contribution >= 0.6 is 0 Å². The first-order chi connectivity index (χ1) is 8.26. The summed E-state index contributed by atoms with van der Waals surface area (Å²) in [5, 5.41) is 6.09. The van der Waals surface area contributed by atoms with E-state index in [0.29, 0.717) is 13.1 Å². The lowest BCUT2D eigenvalue weighted by Gasteiger charge is -2.02. The van der Waals surface area contributed by atoms with Gasteiger partial charge in [0.2, 0.25) is 5.91 Å². The van der Waals surface area contributed by atoms with Gasteiger partial charge in [0, 0.05) is 25.7 Å². The SMILES string of the molecule is CCCNCCc1cn(CC(=O)NCC)cn1. The summed E-state index contributed by atoms with van der Waals surface area (Å²) >= 11 is 0. The van der Waals surface area contributed by atoms with Crippen LogP contribution in [0.1, 0.15) is 26.0 Å². The van der Waals surface area contributed by atoms with E-state index in [2.05, 4.69) is 22.5 Å². The summed E-state index contributed by atoms with van der Waals surface area (Å²) in [7, 11) is 0. The van der Waals surface area contributed by atoms with Crippen molar-refractivity contribution < 1.29 is 4.79 Å². The van der Waals surface area contributed by atoms with Crippen molar-refractivity contribution in [1.29, 1.82) is 0 Å². The van der Waals surface area contributed by atoms with Gasteiger partial charge >= 0.3 is 0 Å². The second-order valence-corrected chi connectivity index (χ2v) is 3.99. The molecule has 5 heteroatoms. The average molecular weight is 238 g/mol. The van der Waals surface area contributed by atoms with Gasteiger partial charge in [-0.15, -0.1) is 0 Å². The van der Waals surface area contributed by atoms with Crippen molar-refractivity contribution in [2.45, 2.75) is 33.2 Å². The standard InChI is InChI=1S/C12H22N4O/c1-3-6-13-7-5-11-8-16(10-15-11)9-12(17)14-4-2/h8,10,13H,3-7,9H2,1-2H3,(H,14,17). The molecule has 1 aromatic rings. The summed E-state index contributed by atoms with van der Waals surface area (Å²) in [6, 6.07) is 0. The lowest BCUT2D eigenvalue weighted by Crippen LogP contribution is -2.26. The smallest absolute Gasteiger partial charge is 0.239 e. The number of rotatable bonds is 8. The molecule has 1 amide bonds. The van der Waals surface area contributed by atoms with Crippen LogP contribution in [-0.2, 0) is 17.8 Å². The van der Waals surface area contributed by atoms with Crippen molar-refractivity contribution in [2.24, 2.45) is 0 Å². The first kappa shape index (κ1) is 13.7. The number of carbonyl (C=O) groups is 1. The molecule has 1 rings (SSSR count). The van der Waals surface area contributed by atoms with E-state index in [1.807, 2.05) is 17.7 Å². The van der Waals surface area contributed by atoms with Gasteiger partial charge in [-0.2, -0.15) is 0 Å². The van der Waals surface area contributed by atoms with Crippen LogP contribution in [0.2, 0.25) is 0 Å². The number of hydrogen-bond acceptors (Lipinski definition) is 3. The Kier molecular flexibility index (Phi) is 6.32. The highest BCUT2D eigenvalue weighted by atomic mass is 16.1. The summed E-state index contributed by atoms with van der Waals surface area (Å²) in [4.78, 5) is 15.6. The lowest BCUT2D eigenvalue weighted by molar-refractivity contribution is -0.121. The Labute approximate surface area is 103 Å². The first-order valence-corrected chi connectivity index (χ1v) is 6.24. The molecule has 5 nitrogen and oxygen atoms in total. The van der Waals surface area contributed by atoms with Gasteiger partial charge in [-0.05, 0) is 19.9 Å². The van der Waals surface area contributed by atoms with Crippen LogP contribution in [0.3, 0.4) is 0 Å². The number of carbonyl (C=O) groups excluding carboxylic acids is 1. The topological polar surface area (TPSA) is 59.0 Å². The van der Waals surface area contributed by atoms with Gasteiger partial charge in [-0.25, -0.2) is 4.98 Å². The van der Waals surface area contributed by atoms with Crippen molar-refractivity contribution in [3.8, 4) is 0 Å². The van der Waals surface area contributed by atoms with E-state index >= 15 is 0 Å². The maximum atomic E-state index is 11.3. The highest BCUT2D eigenvalue weighted by molar-refractivity contribution is 5.75. The Balaban J connectivity index is 2.29. The molecular weight excluding hydrogens is 216 g/mol. The quantitative estimate of drug-likeness (QED) is 0.651. The molecule has 0 spiro atoms. The van der Waals surface area contributed by atoms with E-state index in [4.69, 9.17) is 0 Å². The second kappa shape index (κ2) is 7.84. The van der Waals surface area contributed by atoms with Crippen LogP contribution in [0, 0.1) is 0 Å². The predicted molar refractivity (Wildman–Crippen MR) is 67.8 cm³/mol. The number of imidazole rings is 1. The fourth-order valence-corrected chi connectivity index (χ4v) is 1.56. The predicted octanol–water partition coefficient (Wildman–Crippen LogP) is 0.561. The van der Waals surface area contributed by atoms with Gasteiger partial charge in [0.25, 0.3) is 0 Å². The zero-order chi connectivity index (χ0) is 12.5. The zero-order valence-corrected chi connectivity index (χ0v) is 10.7. The molecule has 0 saturated carbocycles. The van der Waals surface area contributed by atoms with Crippen LogP contribution in [-0.4, -0.2) is 35.1 Å². The van der Waals surface area contributed by atoms with E-state index < -0.39 is 0 Å². The number of likely N-dealkylation sites (N-methyl/N-ethyl adjacent to an activating group) is 1. The molecule has 0 bridgehead atoms. The molecule has 0 aromatic carbocycles. The van der Waals surface area contributed by atoms with E-state index in [-0.39, 0.29) is 5.91 Å². The highest BCUT2D eigenvalue weighted by Gasteiger charge is 2.03. The Morgan fingerprint density at radius 2 is 2.24 bits per heavy atom. The monoisotopic (exact) mass is 238 g/mol. The molecule has 1 heterocycles. The Morgan fingerprint density at radius 3 is 2.94 bits per heavy atom. The molecule has 96 valence electrons. The third-order valence-electron chi connectivity index (χ3n) is 2.37. The van der Waals surface area contributed by atoms with Gasteiger partial charge in [-0.3, -0.25) is 4.79 Å². The highest BCUT2D eigenvalue weighted by Crippen LogP contribution is 1.96. The van der Waals surface area contributed by atoms with Crippen molar-refractivity contribution in [3.63, 3.8) is 0 Å². The molecule has 0 aliphatic carbocycles. The van der Waals surface area contributed by atoms with Crippen LogP contribution in [0.15, 0.2) is 12.5 Å². The zero-order valence-electron chi connectivity index (χ0n) is 10.7. The largest absolute Gasteiger partial charge is 0.355 e. The van der Waals surface area contributed by atoms with Gasteiger partial charge in [0.15, 0.2) is 0 Å². The van der Waals surface area contributed by atoms with E-state index in [0.717, 1.165) is 31.6 Å². The molecule has 1 aromatic heterocycles. The summed E-state index contributed by atoms with van der Waals surface area (Å²) in [6.45, 7) is 7.06. The maximum Gasteiger partial charge on any atom is 0.239 e. The Morgan fingerprint density at radius 1 is 1.41 bits per heavy atom. The van der Waals surface area contributed by atoms with Crippen LogP contribution in [0.5, 0.6) is 0 Å². The molecule has 0 unspecified atom stereocenters. The van der Waals surface area contributed by atoms with Gasteiger partial charge in [0.05, 0.1) is 12.0 Å². The average Bonchev–Trinajstić information content (AvgIpc) is 2.72. The summed E-state index contributed by atoms with van der Waals surface area (Å²) in [6.07, 6.45) is 5.70. The minimum Gasteiger partial charge on any atom is -0.355 e. The van der Waals surface area contributed by atoms with E-state index in [9.17, 15) is 4.79 Å². The fraction of sp³-hybridized carbons (Fsp3) is 0.667. The van der Waals surface area contributed by atoms with E-state index in [1.165, 1.54) is 0 Å². The number of hydrogen-bond donors (Lipinski definition) is 2. The summed E-state index contributed by atoms with van der Waals surface area (Å²) in [5.41, 5.74) is 1.03. The van der Waals surface area contributed by atoms with Gasteiger partial charge < -0.3 is 15.2 Å². The van der Waals surface area contributed by atoms with Gasteiger partial charge in [0.1, 0.15) is 6.54 Å². The molecule has 0 aliphatic rings. The second-order valence-electron chi connectivity index (χ2n) is 3.99. The van der Waals surface area contributed by atoms with Crippen molar-refractivity contribution in [2.75, 3.05) is 19.6 Å². The third-order valence-corrected chi connectivity index (χ3v) is 2.37. The summed E-state index contributed by atoms with van der Waals surface area (Å²) in [5.74, 6) is 0.0283. The molecule has 0 fully saturated rings. The number of aromatic nitrogens is 2. The first-order valence-electron chi connectivity index (χ1n) is 6.24. The number of nitrogens with zero attached hydrogens (tertiary/aromatic N) is 2. The van der Waals surface area contributed by atoms with Crippen LogP contribution < -0.4 is 10.6 Å². The fourth-order valence-electron chi connectivity index (χ4n) is 1.56. The van der Waals surface area contributed by atoms with Crippen LogP contribution in [0.25, 0.3) is 0 Å². The molecular formula is C12H22N4O. The molecule has 0 saturated heterocycles. The summed E-state index contributed by atoms with van der Waals surface area (Å²) < 4.78 is 1.82. The van der Waals surface area contributed by atoms with Crippen molar-refractivity contribution >= 4 is 5.91 Å². The molecule has 17 heavy (non-hydrogen) atoms. The van der Waals surface area contributed by atoms with Crippen LogP contribution in [0.4, 0.5) is 0 Å². The lowest BCUT2D eigenvalue weighted by atomic mass is 10.3. The molecule has 0 radical (unpaired) electrons. The maximum absolute atomic E-state index is 11.3. The Hall–Kier alpha value is -1.36. The third kappa shape index (κ3) is 5.49. The molecule has 0 atom stereocenters. The normalized spacial score (nSPS) is 10.5.